The van der Waals surface area contributed by atoms with Crippen LogP contribution >= 0.6 is 0 Å². The number of pyridine rings is 1. The molecule has 0 atom stereocenters. The van der Waals surface area contributed by atoms with Crippen LogP contribution in [0.3, 0.4) is 0 Å². The minimum atomic E-state index is -0.159. The standard InChI is InChI=1S/C21H18N2O2/c1-2-3-7-12-25-19-14-17-13-16(10-11-20(17)22-15-19)21(24)23-18-8-5-4-6-9-18/h1,4-6,8-11,13-15H,3,7,12H2,(H,23,24). The van der Waals surface area contributed by atoms with Gasteiger partial charge in [0.1, 0.15) is 5.75 Å². The highest BCUT2D eigenvalue weighted by Gasteiger charge is 2.08. The van der Waals surface area contributed by atoms with Crippen molar-refractivity contribution in [2.75, 3.05) is 11.9 Å². The normalized spacial score (nSPS) is 10.2. The third kappa shape index (κ3) is 4.36. The summed E-state index contributed by atoms with van der Waals surface area (Å²) in [7, 11) is 0. The van der Waals surface area contributed by atoms with Crippen LogP contribution in [0.2, 0.25) is 0 Å². The molecule has 0 radical (unpaired) electrons. The number of rotatable bonds is 6. The third-order valence-corrected chi connectivity index (χ3v) is 3.68. The first-order valence-electron chi connectivity index (χ1n) is 8.09. The molecule has 124 valence electrons. The van der Waals surface area contributed by atoms with E-state index in [1.54, 1.807) is 12.3 Å². The average Bonchev–Trinajstić information content (AvgIpc) is 2.65. The Kier molecular flexibility index (Phi) is 5.28. The van der Waals surface area contributed by atoms with Crippen LogP contribution in [0.15, 0.2) is 60.8 Å². The fraction of sp³-hybridized carbons (Fsp3) is 0.143. The number of nitrogens with zero attached hydrogens (tertiary/aromatic N) is 1. The number of carbonyl (C=O) groups is 1. The predicted molar refractivity (Wildman–Crippen MR) is 99.7 cm³/mol. The Balaban J connectivity index is 1.76. The van der Waals surface area contributed by atoms with Gasteiger partial charge in [-0.15, -0.1) is 12.3 Å². The lowest BCUT2D eigenvalue weighted by atomic mass is 10.1. The van der Waals surface area contributed by atoms with Crippen molar-refractivity contribution < 1.29 is 9.53 Å². The Morgan fingerprint density at radius 1 is 1.16 bits per heavy atom. The van der Waals surface area contributed by atoms with E-state index in [2.05, 4.69) is 16.2 Å². The lowest BCUT2D eigenvalue weighted by Gasteiger charge is -2.08. The number of terminal acetylenes is 1. The lowest BCUT2D eigenvalue weighted by Crippen LogP contribution is -2.11. The molecule has 0 unspecified atom stereocenters. The summed E-state index contributed by atoms with van der Waals surface area (Å²) in [6, 6.07) is 16.7. The van der Waals surface area contributed by atoms with Gasteiger partial charge in [-0.25, -0.2) is 0 Å². The molecule has 4 heteroatoms. The van der Waals surface area contributed by atoms with Crippen molar-refractivity contribution in [2.45, 2.75) is 12.8 Å². The maximum atomic E-state index is 12.4. The number of para-hydroxylation sites is 1. The number of carbonyl (C=O) groups excluding carboxylic acids is 1. The summed E-state index contributed by atoms with van der Waals surface area (Å²) in [6.45, 7) is 0.547. The van der Waals surface area contributed by atoms with E-state index in [0.717, 1.165) is 23.0 Å². The maximum absolute atomic E-state index is 12.4. The molecule has 3 aromatic rings. The molecular weight excluding hydrogens is 312 g/mol. The molecule has 3 rings (SSSR count). The highest BCUT2D eigenvalue weighted by atomic mass is 16.5. The van der Waals surface area contributed by atoms with Gasteiger partial charge in [0.15, 0.2) is 0 Å². The minimum Gasteiger partial charge on any atom is -0.492 e. The second kappa shape index (κ2) is 7.98. The first-order chi connectivity index (χ1) is 12.3. The summed E-state index contributed by atoms with van der Waals surface area (Å²) < 4.78 is 5.65. The molecule has 4 nitrogen and oxygen atoms in total. The molecule has 0 spiro atoms. The van der Waals surface area contributed by atoms with Gasteiger partial charge in [-0.3, -0.25) is 9.78 Å². The lowest BCUT2D eigenvalue weighted by molar-refractivity contribution is 0.102. The third-order valence-electron chi connectivity index (χ3n) is 3.68. The monoisotopic (exact) mass is 330 g/mol. The Morgan fingerprint density at radius 3 is 2.80 bits per heavy atom. The molecule has 1 N–H and O–H groups in total. The van der Waals surface area contributed by atoms with E-state index in [0.29, 0.717) is 24.3 Å². The molecule has 1 heterocycles. The summed E-state index contributed by atoms with van der Waals surface area (Å²) in [5, 5.41) is 3.73. The van der Waals surface area contributed by atoms with Gasteiger partial charge in [0.05, 0.1) is 18.3 Å². The molecular formula is C21H18N2O2. The summed E-state index contributed by atoms with van der Waals surface area (Å²) in [4.78, 5) is 16.8. The van der Waals surface area contributed by atoms with E-state index in [-0.39, 0.29) is 5.91 Å². The zero-order chi connectivity index (χ0) is 17.5. The minimum absolute atomic E-state index is 0.159. The van der Waals surface area contributed by atoms with Crippen molar-refractivity contribution in [3.63, 3.8) is 0 Å². The van der Waals surface area contributed by atoms with Crippen LogP contribution in [0.1, 0.15) is 23.2 Å². The van der Waals surface area contributed by atoms with Crippen LogP contribution in [0, 0.1) is 12.3 Å². The molecule has 0 saturated carbocycles. The van der Waals surface area contributed by atoms with Crippen molar-refractivity contribution in [2.24, 2.45) is 0 Å². The number of hydrogen-bond acceptors (Lipinski definition) is 3. The topological polar surface area (TPSA) is 51.2 Å². The number of benzene rings is 2. The van der Waals surface area contributed by atoms with Crippen molar-refractivity contribution in [1.82, 2.24) is 4.98 Å². The van der Waals surface area contributed by atoms with Crippen molar-refractivity contribution >= 4 is 22.5 Å². The van der Waals surface area contributed by atoms with Crippen LogP contribution in [-0.4, -0.2) is 17.5 Å². The molecule has 0 bridgehead atoms. The zero-order valence-corrected chi connectivity index (χ0v) is 13.7. The van der Waals surface area contributed by atoms with Gasteiger partial charge in [-0.2, -0.15) is 0 Å². The molecule has 1 aromatic heterocycles. The summed E-state index contributed by atoms with van der Waals surface area (Å²) >= 11 is 0. The smallest absolute Gasteiger partial charge is 0.255 e. The van der Waals surface area contributed by atoms with Crippen LogP contribution in [-0.2, 0) is 0 Å². The number of aromatic nitrogens is 1. The largest absolute Gasteiger partial charge is 0.492 e. The van der Waals surface area contributed by atoms with Crippen molar-refractivity contribution in [1.29, 1.82) is 0 Å². The number of fused-ring (bicyclic) bond motifs is 1. The van der Waals surface area contributed by atoms with E-state index in [1.165, 1.54) is 0 Å². The molecule has 25 heavy (non-hydrogen) atoms. The van der Waals surface area contributed by atoms with Crippen LogP contribution in [0.4, 0.5) is 5.69 Å². The average molecular weight is 330 g/mol. The summed E-state index contributed by atoms with van der Waals surface area (Å²) in [5.74, 6) is 3.10. The molecule has 0 aliphatic heterocycles. The number of unbranched alkanes of at least 4 members (excludes halogenated alkanes) is 1. The SMILES string of the molecule is C#CCCCOc1cnc2ccc(C(=O)Nc3ccccc3)cc2c1. The fourth-order valence-electron chi connectivity index (χ4n) is 2.42. The molecule has 0 aliphatic rings. The van der Waals surface area contributed by atoms with E-state index in [4.69, 9.17) is 11.2 Å². The van der Waals surface area contributed by atoms with Crippen molar-refractivity contribution in [3.05, 3.63) is 66.4 Å². The first kappa shape index (κ1) is 16.5. The van der Waals surface area contributed by atoms with E-state index < -0.39 is 0 Å². The van der Waals surface area contributed by atoms with Crippen LogP contribution in [0.5, 0.6) is 5.75 Å². The molecule has 0 fully saturated rings. The second-order valence-electron chi connectivity index (χ2n) is 5.55. The van der Waals surface area contributed by atoms with Gasteiger partial charge < -0.3 is 10.1 Å². The fourth-order valence-corrected chi connectivity index (χ4v) is 2.42. The predicted octanol–water partition coefficient (Wildman–Crippen LogP) is 4.28. The quantitative estimate of drug-likeness (QED) is 0.542. The van der Waals surface area contributed by atoms with E-state index in [9.17, 15) is 4.79 Å². The molecule has 0 saturated heterocycles. The highest BCUT2D eigenvalue weighted by molar-refractivity contribution is 6.06. The van der Waals surface area contributed by atoms with Crippen LogP contribution < -0.4 is 10.1 Å². The molecule has 0 aliphatic carbocycles. The van der Waals surface area contributed by atoms with Gasteiger partial charge >= 0.3 is 0 Å². The Morgan fingerprint density at radius 2 is 2.00 bits per heavy atom. The van der Waals surface area contributed by atoms with E-state index >= 15 is 0 Å². The van der Waals surface area contributed by atoms with Gasteiger partial charge in [-0.05, 0) is 42.8 Å². The zero-order valence-electron chi connectivity index (χ0n) is 13.7. The maximum Gasteiger partial charge on any atom is 0.255 e. The Bertz CT molecular complexity index is 914. The van der Waals surface area contributed by atoms with Gasteiger partial charge in [-0.1, -0.05) is 18.2 Å². The van der Waals surface area contributed by atoms with Crippen molar-refractivity contribution in [3.8, 4) is 18.1 Å². The highest BCUT2D eigenvalue weighted by Crippen LogP contribution is 2.20. The van der Waals surface area contributed by atoms with Gasteiger partial charge in [0, 0.05) is 23.1 Å². The van der Waals surface area contributed by atoms with Gasteiger partial charge in [0.25, 0.3) is 5.91 Å². The number of amides is 1. The number of nitrogens with one attached hydrogen (secondary N) is 1. The Hall–Kier alpha value is -3.32. The number of anilines is 1. The first-order valence-corrected chi connectivity index (χ1v) is 8.09. The Labute approximate surface area is 146 Å². The molecule has 1 amide bonds. The number of ether oxygens (including phenoxy) is 1. The summed E-state index contributed by atoms with van der Waals surface area (Å²) in [6.07, 6.45) is 8.39. The van der Waals surface area contributed by atoms with Gasteiger partial charge in [0.2, 0.25) is 0 Å². The van der Waals surface area contributed by atoms with E-state index in [1.807, 2.05) is 48.5 Å². The van der Waals surface area contributed by atoms with Crippen LogP contribution in [0.25, 0.3) is 10.9 Å². The summed E-state index contributed by atoms with van der Waals surface area (Å²) in [5.41, 5.74) is 2.14. The number of hydrogen-bond donors (Lipinski definition) is 1. The molecule has 2 aromatic carbocycles. The second-order valence-corrected chi connectivity index (χ2v) is 5.55.